The fraction of sp³-hybridized carbons (Fsp3) is 0.231. The second-order valence-corrected chi connectivity index (χ2v) is 3.75. The molecule has 0 aliphatic carbocycles. The van der Waals surface area contributed by atoms with Gasteiger partial charge in [0.2, 0.25) is 0 Å². The zero-order chi connectivity index (χ0) is 11.4. The Hall–Kier alpha value is -1.74. The maximum Gasteiger partial charge on any atom is 0.0891 e. The Balaban J connectivity index is 2.40. The summed E-state index contributed by atoms with van der Waals surface area (Å²) in [6, 6.07) is 8.17. The van der Waals surface area contributed by atoms with Gasteiger partial charge in [-0.05, 0) is 19.0 Å². The molecule has 0 atom stereocenters. The Labute approximate surface area is 95.4 Å². The Morgan fingerprint density at radius 2 is 2.00 bits per heavy atom. The predicted octanol–water partition coefficient (Wildman–Crippen LogP) is 1.95. The number of hydrogen-bond acceptors (Lipinski definition) is 3. The highest BCUT2D eigenvalue weighted by molar-refractivity contribution is 5.62. The van der Waals surface area contributed by atoms with Gasteiger partial charge in [0.1, 0.15) is 0 Å². The Bertz CT molecular complexity index is 480. The summed E-state index contributed by atoms with van der Waals surface area (Å²) in [6.07, 6.45) is 4.34. The van der Waals surface area contributed by atoms with Crippen molar-refractivity contribution < 1.29 is 0 Å². The summed E-state index contributed by atoms with van der Waals surface area (Å²) >= 11 is 0. The molecule has 0 unspecified atom stereocenters. The first-order valence-corrected chi connectivity index (χ1v) is 5.38. The van der Waals surface area contributed by atoms with Crippen LogP contribution in [0.2, 0.25) is 0 Å². The van der Waals surface area contributed by atoms with Gasteiger partial charge in [-0.25, -0.2) is 4.98 Å². The third-order valence-corrected chi connectivity index (χ3v) is 2.51. The van der Waals surface area contributed by atoms with Crippen molar-refractivity contribution in [3.8, 4) is 11.3 Å². The summed E-state index contributed by atoms with van der Waals surface area (Å²) in [7, 11) is 0. The van der Waals surface area contributed by atoms with Crippen LogP contribution in [0, 0.1) is 6.92 Å². The first kappa shape index (κ1) is 10.8. The van der Waals surface area contributed by atoms with E-state index in [-0.39, 0.29) is 0 Å². The van der Waals surface area contributed by atoms with E-state index in [0.29, 0.717) is 6.54 Å². The highest BCUT2D eigenvalue weighted by atomic mass is 14.8. The highest BCUT2D eigenvalue weighted by Crippen LogP contribution is 2.20. The van der Waals surface area contributed by atoms with Gasteiger partial charge in [0.15, 0.2) is 0 Å². The number of aryl methyl sites for hydroxylation is 1. The Morgan fingerprint density at radius 3 is 2.75 bits per heavy atom. The van der Waals surface area contributed by atoms with Crippen LogP contribution in [0.1, 0.15) is 11.3 Å². The molecule has 0 aliphatic heterocycles. The molecule has 0 spiro atoms. The topological polar surface area (TPSA) is 51.8 Å². The molecule has 2 aromatic rings. The van der Waals surface area contributed by atoms with Crippen molar-refractivity contribution in [1.82, 2.24) is 9.97 Å². The summed E-state index contributed by atoms with van der Waals surface area (Å²) in [5, 5.41) is 0. The number of aromatic nitrogens is 2. The SMILES string of the molecule is Cc1ccccc1-c1cncc(CCN)n1. The molecule has 1 aromatic heterocycles. The van der Waals surface area contributed by atoms with E-state index in [1.54, 1.807) is 12.4 Å². The van der Waals surface area contributed by atoms with E-state index in [1.807, 2.05) is 12.1 Å². The molecule has 82 valence electrons. The third-order valence-electron chi connectivity index (χ3n) is 2.51. The predicted molar refractivity (Wildman–Crippen MR) is 65.0 cm³/mol. The van der Waals surface area contributed by atoms with Gasteiger partial charge in [0, 0.05) is 18.2 Å². The van der Waals surface area contributed by atoms with Gasteiger partial charge in [-0.1, -0.05) is 24.3 Å². The Morgan fingerprint density at radius 1 is 1.19 bits per heavy atom. The lowest BCUT2D eigenvalue weighted by Crippen LogP contribution is -2.05. The van der Waals surface area contributed by atoms with Crippen LogP contribution in [-0.4, -0.2) is 16.5 Å². The molecule has 3 nitrogen and oxygen atoms in total. The van der Waals surface area contributed by atoms with E-state index in [4.69, 9.17) is 5.73 Å². The quantitative estimate of drug-likeness (QED) is 0.847. The van der Waals surface area contributed by atoms with E-state index >= 15 is 0 Å². The van der Waals surface area contributed by atoms with Crippen LogP contribution in [0.3, 0.4) is 0 Å². The third kappa shape index (κ3) is 2.25. The molecule has 0 saturated heterocycles. The van der Waals surface area contributed by atoms with Gasteiger partial charge in [-0.3, -0.25) is 4.98 Å². The van der Waals surface area contributed by atoms with Crippen LogP contribution in [0.25, 0.3) is 11.3 Å². The zero-order valence-electron chi connectivity index (χ0n) is 9.35. The summed E-state index contributed by atoms with van der Waals surface area (Å²) < 4.78 is 0. The zero-order valence-corrected chi connectivity index (χ0v) is 9.35. The van der Waals surface area contributed by atoms with Gasteiger partial charge in [0.25, 0.3) is 0 Å². The lowest BCUT2D eigenvalue weighted by atomic mass is 10.1. The van der Waals surface area contributed by atoms with Crippen molar-refractivity contribution >= 4 is 0 Å². The van der Waals surface area contributed by atoms with E-state index < -0.39 is 0 Å². The lowest BCUT2D eigenvalue weighted by molar-refractivity contribution is 0.910. The van der Waals surface area contributed by atoms with Crippen LogP contribution in [0.15, 0.2) is 36.7 Å². The molecule has 1 heterocycles. The van der Waals surface area contributed by atoms with Crippen LogP contribution in [0.4, 0.5) is 0 Å². The van der Waals surface area contributed by atoms with E-state index in [0.717, 1.165) is 23.4 Å². The van der Waals surface area contributed by atoms with Crippen LogP contribution < -0.4 is 5.73 Å². The van der Waals surface area contributed by atoms with Gasteiger partial charge < -0.3 is 5.73 Å². The molecule has 1 aromatic carbocycles. The number of rotatable bonds is 3. The van der Waals surface area contributed by atoms with Crippen LogP contribution in [-0.2, 0) is 6.42 Å². The van der Waals surface area contributed by atoms with Gasteiger partial charge in [-0.15, -0.1) is 0 Å². The molecule has 0 amide bonds. The molecule has 0 radical (unpaired) electrons. The summed E-state index contributed by atoms with van der Waals surface area (Å²) in [4.78, 5) is 8.75. The normalized spacial score (nSPS) is 10.4. The van der Waals surface area contributed by atoms with Crippen molar-refractivity contribution in [2.75, 3.05) is 6.54 Å². The van der Waals surface area contributed by atoms with Gasteiger partial charge >= 0.3 is 0 Å². The molecular weight excluding hydrogens is 198 g/mol. The molecule has 2 rings (SSSR count). The maximum absolute atomic E-state index is 5.51. The van der Waals surface area contributed by atoms with Gasteiger partial charge in [0.05, 0.1) is 17.6 Å². The minimum atomic E-state index is 0.603. The van der Waals surface area contributed by atoms with Crippen molar-refractivity contribution in [2.45, 2.75) is 13.3 Å². The molecular formula is C13H15N3. The summed E-state index contributed by atoms with van der Waals surface area (Å²) in [5.41, 5.74) is 9.72. The Kier molecular flexibility index (Phi) is 3.27. The second-order valence-electron chi connectivity index (χ2n) is 3.75. The largest absolute Gasteiger partial charge is 0.330 e. The number of nitrogens with two attached hydrogens (primary N) is 1. The molecule has 0 fully saturated rings. The van der Waals surface area contributed by atoms with Crippen molar-refractivity contribution in [1.29, 1.82) is 0 Å². The minimum absolute atomic E-state index is 0.603. The molecule has 0 aliphatic rings. The van der Waals surface area contributed by atoms with Crippen LogP contribution in [0.5, 0.6) is 0 Å². The van der Waals surface area contributed by atoms with E-state index in [2.05, 4.69) is 29.0 Å². The first-order chi connectivity index (χ1) is 7.81. The number of nitrogens with zero attached hydrogens (tertiary/aromatic N) is 2. The highest BCUT2D eigenvalue weighted by Gasteiger charge is 2.03. The molecule has 2 N–H and O–H groups in total. The molecule has 0 bridgehead atoms. The van der Waals surface area contributed by atoms with Crippen molar-refractivity contribution in [3.05, 3.63) is 47.9 Å². The molecule has 3 heteroatoms. The van der Waals surface area contributed by atoms with Crippen molar-refractivity contribution in [3.63, 3.8) is 0 Å². The fourth-order valence-electron chi connectivity index (χ4n) is 1.66. The number of hydrogen-bond donors (Lipinski definition) is 1. The van der Waals surface area contributed by atoms with Gasteiger partial charge in [-0.2, -0.15) is 0 Å². The number of benzene rings is 1. The summed E-state index contributed by atoms with van der Waals surface area (Å²) in [5.74, 6) is 0. The minimum Gasteiger partial charge on any atom is -0.330 e. The molecule has 16 heavy (non-hydrogen) atoms. The maximum atomic E-state index is 5.51. The molecule has 0 saturated carbocycles. The average Bonchev–Trinajstić information content (AvgIpc) is 2.30. The second kappa shape index (κ2) is 4.86. The first-order valence-electron chi connectivity index (χ1n) is 5.38. The summed E-state index contributed by atoms with van der Waals surface area (Å²) in [6.45, 7) is 2.68. The standard InChI is InChI=1S/C13H15N3/c1-10-4-2-3-5-12(10)13-9-15-8-11(16-13)6-7-14/h2-5,8-9H,6-7,14H2,1H3. The monoisotopic (exact) mass is 213 g/mol. The van der Waals surface area contributed by atoms with Crippen LogP contribution >= 0.6 is 0 Å². The fourth-order valence-corrected chi connectivity index (χ4v) is 1.66. The van der Waals surface area contributed by atoms with E-state index in [1.165, 1.54) is 5.56 Å². The lowest BCUT2D eigenvalue weighted by Gasteiger charge is -2.05. The average molecular weight is 213 g/mol. The van der Waals surface area contributed by atoms with E-state index in [9.17, 15) is 0 Å². The smallest absolute Gasteiger partial charge is 0.0891 e. The van der Waals surface area contributed by atoms with Crippen molar-refractivity contribution in [2.24, 2.45) is 5.73 Å².